The third-order valence-corrected chi connectivity index (χ3v) is 3.63. The number of ether oxygens (including phenoxy) is 1. The molecule has 1 saturated carbocycles. The van der Waals surface area contributed by atoms with Gasteiger partial charge < -0.3 is 10.5 Å². The van der Waals surface area contributed by atoms with Crippen molar-refractivity contribution in [3.8, 4) is 5.75 Å². The molecular weight excluding hydrogens is 224 g/mol. The average Bonchev–Trinajstić information content (AvgIpc) is 2.65. The van der Waals surface area contributed by atoms with E-state index in [1.807, 2.05) is 24.3 Å². The van der Waals surface area contributed by atoms with Crippen molar-refractivity contribution in [3.63, 3.8) is 0 Å². The van der Waals surface area contributed by atoms with E-state index in [-0.39, 0.29) is 5.84 Å². The molecule has 0 radical (unpaired) electrons. The molecule has 0 bridgehead atoms. The van der Waals surface area contributed by atoms with Crippen LogP contribution in [0.2, 0.25) is 0 Å². The smallest absolute Gasteiger partial charge is 0.122 e. The minimum atomic E-state index is 0.102. The quantitative estimate of drug-likeness (QED) is 0.486. The lowest BCUT2D eigenvalue weighted by Crippen LogP contribution is -2.12. The Bertz CT molecular complexity index is 378. The second-order valence-electron chi connectivity index (χ2n) is 5.11. The zero-order valence-corrected chi connectivity index (χ0v) is 10.8. The zero-order chi connectivity index (χ0) is 12.8. The lowest BCUT2D eigenvalue weighted by molar-refractivity contribution is 0.233. The fourth-order valence-electron chi connectivity index (χ4n) is 2.48. The Balaban J connectivity index is 1.83. The molecule has 1 aromatic rings. The Morgan fingerprint density at radius 3 is 2.28 bits per heavy atom. The molecule has 0 aromatic heterocycles. The Kier molecular flexibility index (Phi) is 4.62. The van der Waals surface area contributed by atoms with Gasteiger partial charge in [0.1, 0.15) is 11.6 Å². The van der Waals surface area contributed by atoms with E-state index in [4.69, 9.17) is 15.9 Å². The molecule has 98 valence electrons. The van der Waals surface area contributed by atoms with Crippen LogP contribution in [0.15, 0.2) is 24.3 Å². The van der Waals surface area contributed by atoms with Crippen molar-refractivity contribution < 1.29 is 4.74 Å². The predicted molar refractivity (Wildman–Crippen MR) is 74.1 cm³/mol. The third kappa shape index (κ3) is 3.76. The minimum Gasteiger partial charge on any atom is -0.493 e. The maximum atomic E-state index is 7.33. The number of nitrogens with two attached hydrogens (primary N) is 1. The van der Waals surface area contributed by atoms with Crippen molar-refractivity contribution in [2.24, 2.45) is 11.7 Å². The van der Waals surface area contributed by atoms with Gasteiger partial charge in [-0.25, -0.2) is 0 Å². The van der Waals surface area contributed by atoms with Crippen LogP contribution >= 0.6 is 0 Å². The molecule has 0 atom stereocenters. The van der Waals surface area contributed by atoms with Crippen molar-refractivity contribution >= 4 is 5.84 Å². The fourth-order valence-corrected chi connectivity index (χ4v) is 2.48. The Morgan fingerprint density at radius 1 is 1.11 bits per heavy atom. The maximum Gasteiger partial charge on any atom is 0.122 e. The number of hydrogen-bond acceptors (Lipinski definition) is 2. The standard InChI is InChI=1S/C15H22N2O/c16-15(17)13-7-9-14(10-8-13)18-11-12-5-3-1-2-4-6-12/h7-10,12H,1-6,11H2,(H3,16,17). The molecular formula is C15H22N2O. The first kappa shape index (κ1) is 12.9. The van der Waals surface area contributed by atoms with Crippen molar-refractivity contribution in [3.05, 3.63) is 29.8 Å². The molecule has 0 unspecified atom stereocenters. The molecule has 3 N–H and O–H groups in total. The summed E-state index contributed by atoms with van der Waals surface area (Å²) in [6.45, 7) is 0.819. The summed E-state index contributed by atoms with van der Waals surface area (Å²) in [6.07, 6.45) is 8.04. The van der Waals surface area contributed by atoms with E-state index < -0.39 is 0 Å². The lowest BCUT2D eigenvalue weighted by Gasteiger charge is -2.15. The molecule has 0 aliphatic heterocycles. The molecule has 1 fully saturated rings. The van der Waals surface area contributed by atoms with Gasteiger partial charge in [0.2, 0.25) is 0 Å². The average molecular weight is 246 g/mol. The highest BCUT2D eigenvalue weighted by Gasteiger charge is 2.12. The van der Waals surface area contributed by atoms with Crippen LogP contribution in [0, 0.1) is 11.3 Å². The van der Waals surface area contributed by atoms with Gasteiger partial charge in [-0.05, 0) is 43.0 Å². The van der Waals surface area contributed by atoms with Gasteiger partial charge in [-0.2, -0.15) is 0 Å². The number of nitrogens with one attached hydrogen (secondary N) is 1. The summed E-state index contributed by atoms with van der Waals surface area (Å²) in [5.41, 5.74) is 6.16. The van der Waals surface area contributed by atoms with Gasteiger partial charge in [-0.1, -0.05) is 25.7 Å². The van der Waals surface area contributed by atoms with E-state index in [0.717, 1.165) is 17.9 Å². The van der Waals surface area contributed by atoms with Gasteiger partial charge in [0.05, 0.1) is 6.61 Å². The van der Waals surface area contributed by atoms with E-state index in [1.165, 1.54) is 38.5 Å². The predicted octanol–water partition coefficient (Wildman–Crippen LogP) is 3.32. The largest absolute Gasteiger partial charge is 0.493 e. The summed E-state index contributed by atoms with van der Waals surface area (Å²) < 4.78 is 5.82. The summed E-state index contributed by atoms with van der Waals surface area (Å²) in [4.78, 5) is 0. The van der Waals surface area contributed by atoms with Crippen LogP contribution in [0.4, 0.5) is 0 Å². The van der Waals surface area contributed by atoms with Gasteiger partial charge in [0, 0.05) is 5.56 Å². The summed E-state index contributed by atoms with van der Waals surface area (Å²) in [5.74, 6) is 1.69. The summed E-state index contributed by atoms with van der Waals surface area (Å²) >= 11 is 0. The highest BCUT2D eigenvalue weighted by molar-refractivity contribution is 5.94. The van der Waals surface area contributed by atoms with E-state index in [2.05, 4.69) is 0 Å². The Labute approximate surface area is 109 Å². The molecule has 0 saturated heterocycles. The molecule has 18 heavy (non-hydrogen) atoms. The van der Waals surface area contributed by atoms with E-state index >= 15 is 0 Å². The second-order valence-corrected chi connectivity index (χ2v) is 5.11. The molecule has 1 aromatic carbocycles. The normalized spacial score (nSPS) is 17.1. The van der Waals surface area contributed by atoms with Crippen LogP contribution in [-0.2, 0) is 0 Å². The summed E-state index contributed by atoms with van der Waals surface area (Å²) in [6, 6.07) is 7.47. The molecule has 0 heterocycles. The lowest BCUT2D eigenvalue weighted by atomic mass is 10.0. The Morgan fingerprint density at radius 2 is 1.72 bits per heavy atom. The Hall–Kier alpha value is -1.51. The van der Waals surface area contributed by atoms with Gasteiger partial charge in [-0.3, -0.25) is 5.41 Å². The van der Waals surface area contributed by atoms with E-state index in [1.54, 1.807) is 0 Å². The summed E-state index contributed by atoms with van der Waals surface area (Å²) in [5, 5.41) is 7.33. The molecule has 0 spiro atoms. The number of benzene rings is 1. The van der Waals surface area contributed by atoms with Crippen molar-refractivity contribution in [2.75, 3.05) is 6.61 Å². The molecule has 3 nitrogen and oxygen atoms in total. The van der Waals surface area contributed by atoms with Crippen LogP contribution in [0.5, 0.6) is 5.75 Å². The topological polar surface area (TPSA) is 59.1 Å². The first-order chi connectivity index (χ1) is 8.75. The molecule has 3 heteroatoms. The van der Waals surface area contributed by atoms with E-state index in [9.17, 15) is 0 Å². The van der Waals surface area contributed by atoms with Crippen LogP contribution < -0.4 is 10.5 Å². The SMILES string of the molecule is N=C(N)c1ccc(OCC2CCCCCC2)cc1. The summed E-state index contributed by atoms with van der Waals surface area (Å²) in [7, 11) is 0. The monoisotopic (exact) mass is 246 g/mol. The van der Waals surface area contributed by atoms with E-state index in [0.29, 0.717) is 5.92 Å². The van der Waals surface area contributed by atoms with Gasteiger partial charge in [-0.15, -0.1) is 0 Å². The van der Waals surface area contributed by atoms with Crippen LogP contribution in [-0.4, -0.2) is 12.4 Å². The second kappa shape index (κ2) is 6.43. The van der Waals surface area contributed by atoms with Gasteiger partial charge in [0.15, 0.2) is 0 Å². The number of hydrogen-bond donors (Lipinski definition) is 2. The van der Waals surface area contributed by atoms with Crippen LogP contribution in [0.3, 0.4) is 0 Å². The zero-order valence-electron chi connectivity index (χ0n) is 10.8. The minimum absolute atomic E-state index is 0.102. The molecule has 2 rings (SSSR count). The number of amidine groups is 1. The molecule has 1 aliphatic carbocycles. The van der Waals surface area contributed by atoms with Crippen molar-refractivity contribution in [1.82, 2.24) is 0 Å². The molecule has 0 amide bonds. The van der Waals surface area contributed by atoms with Crippen LogP contribution in [0.1, 0.15) is 44.1 Å². The number of rotatable bonds is 4. The third-order valence-electron chi connectivity index (χ3n) is 3.63. The number of nitrogen functional groups attached to an aromatic ring is 1. The van der Waals surface area contributed by atoms with Crippen molar-refractivity contribution in [1.29, 1.82) is 5.41 Å². The first-order valence-corrected chi connectivity index (χ1v) is 6.83. The van der Waals surface area contributed by atoms with Crippen molar-refractivity contribution in [2.45, 2.75) is 38.5 Å². The van der Waals surface area contributed by atoms with Gasteiger partial charge >= 0.3 is 0 Å². The van der Waals surface area contributed by atoms with Crippen LogP contribution in [0.25, 0.3) is 0 Å². The maximum absolute atomic E-state index is 7.33. The molecule has 1 aliphatic rings. The highest BCUT2D eigenvalue weighted by atomic mass is 16.5. The highest BCUT2D eigenvalue weighted by Crippen LogP contribution is 2.24. The first-order valence-electron chi connectivity index (χ1n) is 6.83. The fraction of sp³-hybridized carbons (Fsp3) is 0.533. The van der Waals surface area contributed by atoms with Gasteiger partial charge in [0.25, 0.3) is 0 Å².